The zero-order valence-corrected chi connectivity index (χ0v) is 17.2. The fourth-order valence-electron chi connectivity index (χ4n) is 3.75. The molecule has 4 aromatic carbocycles. The van der Waals surface area contributed by atoms with E-state index in [1.807, 2.05) is 79.0 Å². The van der Waals surface area contributed by atoms with E-state index in [0.717, 1.165) is 27.6 Å². The molecule has 0 saturated heterocycles. The van der Waals surface area contributed by atoms with Gasteiger partial charge in [0.15, 0.2) is 5.78 Å². The Morgan fingerprint density at radius 2 is 1.53 bits per heavy atom. The van der Waals surface area contributed by atoms with Gasteiger partial charge in [-0.1, -0.05) is 60.7 Å². The summed E-state index contributed by atoms with van der Waals surface area (Å²) in [6.45, 7) is 0. The third kappa shape index (κ3) is 3.86. The molecule has 0 radical (unpaired) electrons. The van der Waals surface area contributed by atoms with Crippen LogP contribution in [0.4, 0.5) is 4.39 Å². The van der Waals surface area contributed by atoms with Crippen molar-refractivity contribution in [2.24, 2.45) is 0 Å². The minimum atomic E-state index is -0.306. The molecule has 0 aliphatic heterocycles. The monoisotopic (exact) mass is 418 g/mol. The highest BCUT2D eigenvalue weighted by Crippen LogP contribution is 2.26. The Bertz CT molecular complexity index is 1430. The molecular formula is C28H19FN2O. The third-order valence-corrected chi connectivity index (χ3v) is 5.35. The number of aromatic nitrogens is 2. The predicted molar refractivity (Wildman–Crippen MR) is 126 cm³/mol. The highest BCUT2D eigenvalue weighted by Gasteiger charge is 2.12. The van der Waals surface area contributed by atoms with Crippen molar-refractivity contribution < 1.29 is 9.18 Å². The summed E-state index contributed by atoms with van der Waals surface area (Å²) in [6.07, 6.45) is 5.22. The van der Waals surface area contributed by atoms with E-state index >= 15 is 0 Å². The van der Waals surface area contributed by atoms with Gasteiger partial charge >= 0.3 is 0 Å². The van der Waals surface area contributed by atoms with Crippen LogP contribution in [0.25, 0.3) is 33.8 Å². The third-order valence-electron chi connectivity index (χ3n) is 5.35. The van der Waals surface area contributed by atoms with Gasteiger partial charge in [-0.15, -0.1) is 0 Å². The second kappa shape index (κ2) is 8.44. The highest BCUT2D eigenvalue weighted by atomic mass is 19.1. The van der Waals surface area contributed by atoms with Crippen molar-refractivity contribution in [2.45, 2.75) is 0 Å². The molecule has 0 fully saturated rings. The van der Waals surface area contributed by atoms with Crippen LogP contribution in [0.1, 0.15) is 15.9 Å². The number of halogens is 1. The topological polar surface area (TPSA) is 34.9 Å². The van der Waals surface area contributed by atoms with Crippen molar-refractivity contribution in [1.29, 1.82) is 0 Å². The van der Waals surface area contributed by atoms with Crippen LogP contribution < -0.4 is 0 Å². The maximum Gasteiger partial charge on any atom is 0.186 e. The average Bonchev–Trinajstić information content (AvgIpc) is 3.27. The van der Waals surface area contributed by atoms with Crippen molar-refractivity contribution >= 4 is 22.6 Å². The standard InChI is InChI=1S/C28H19FN2O/c29-23-16-13-21(14-17-23)28-22(19-31(30-28)24-9-2-1-3-10-24)15-18-27(32)26-12-6-8-20-7-4-5-11-25(20)26/h1-19H/b18-15+. The first-order valence-corrected chi connectivity index (χ1v) is 10.3. The van der Waals surface area contributed by atoms with E-state index in [0.29, 0.717) is 11.3 Å². The van der Waals surface area contributed by atoms with Gasteiger partial charge in [-0.2, -0.15) is 5.10 Å². The Morgan fingerprint density at radius 1 is 0.812 bits per heavy atom. The van der Waals surface area contributed by atoms with Gasteiger partial charge in [0, 0.05) is 22.9 Å². The molecule has 3 nitrogen and oxygen atoms in total. The molecule has 154 valence electrons. The number of rotatable bonds is 5. The minimum Gasteiger partial charge on any atom is -0.289 e. The first-order valence-electron chi connectivity index (χ1n) is 10.3. The first kappa shape index (κ1) is 19.6. The molecule has 0 saturated carbocycles. The van der Waals surface area contributed by atoms with E-state index in [4.69, 9.17) is 5.10 Å². The Hall–Kier alpha value is -4.31. The van der Waals surface area contributed by atoms with Crippen LogP contribution in [0.15, 0.2) is 109 Å². The van der Waals surface area contributed by atoms with Crippen molar-refractivity contribution in [3.05, 3.63) is 126 Å². The first-order chi connectivity index (χ1) is 15.7. The van der Waals surface area contributed by atoms with Gasteiger partial charge in [-0.05, 0) is 59.3 Å². The molecule has 0 aliphatic rings. The summed E-state index contributed by atoms with van der Waals surface area (Å²) in [5, 5.41) is 6.66. The summed E-state index contributed by atoms with van der Waals surface area (Å²) in [5.74, 6) is -0.390. The van der Waals surface area contributed by atoms with Crippen LogP contribution in [-0.2, 0) is 0 Å². The zero-order valence-electron chi connectivity index (χ0n) is 17.2. The molecule has 5 aromatic rings. The maximum absolute atomic E-state index is 13.5. The number of allylic oxidation sites excluding steroid dienone is 1. The fourth-order valence-corrected chi connectivity index (χ4v) is 3.75. The van der Waals surface area contributed by atoms with Crippen LogP contribution in [0.5, 0.6) is 0 Å². The summed E-state index contributed by atoms with van der Waals surface area (Å²) < 4.78 is 15.2. The molecule has 32 heavy (non-hydrogen) atoms. The normalized spacial score (nSPS) is 11.3. The molecule has 0 unspecified atom stereocenters. The van der Waals surface area contributed by atoms with Crippen LogP contribution in [-0.4, -0.2) is 15.6 Å². The van der Waals surface area contributed by atoms with Crippen LogP contribution >= 0.6 is 0 Å². The lowest BCUT2D eigenvalue weighted by atomic mass is 10.0. The molecule has 5 rings (SSSR count). The summed E-state index contributed by atoms with van der Waals surface area (Å²) in [5.41, 5.74) is 3.78. The maximum atomic E-state index is 13.5. The SMILES string of the molecule is O=C(/C=C/c1cn(-c2ccccc2)nc1-c1ccc(F)cc1)c1cccc2ccccc12. The van der Waals surface area contributed by atoms with E-state index < -0.39 is 0 Å². The second-order valence-corrected chi connectivity index (χ2v) is 7.44. The van der Waals surface area contributed by atoms with Gasteiger partial charge in [0.25, 0.3) is 0 Å². The van der Waals surface area contributed by atoms with Gasteiger partial charge < -0.3 is 0 Å². The molecule has 0 atom stereocenters. The van der Waals surface area contributed by atoms with Gasteiger partial charge in [-0.25, -0.2) is 9.07 Å². The predicted octanol–water partition coefficient (Wildman–Crippen LogP) is 6.73. The number of ketones is 1. The minimum absolute atomic E-state index is 0.0840. The molecule has 1 aromatic heterocycles. The van der Waals surface area contributed by atoms with E-state index in [9.17, 15) is 9.18 Å². The number of nitrogens with zero attached hydrogens (tertiary/aromatic N) is 2. The Labute approximate surface area is 185 Å². The van der Waals surface area contributed by atoms with Crippen molar-refractivity contribution in [3.63, 3.8) is 0 Å². The number of carbonyl (C=O) groups excluding carboxylic acids is 1. The smallest absolute Gasteiger partial charge is 0.186 e. The van der Waals surface area contributed by atoms with Crippen LogP contribution in [0, 0.1) is 5.82 Å². The number of para-hydroxylation sites is 1. The second-order valence-electron chi connectivity index (χ2n) is 7.44. The van der Waals surface area contributed by atoms with E-state index in [1.165, 1.54) is 12.1 Å². The molecule has 4 heteroatoms. The van der Waals surface area contributed by atoms with Crippen LogP contribution in [0.3, 0.4) is 0 Å². The molecule has 0 aliphatic carbocycles. The largest absolute Gasteiger partial charge is 0.289 e. The lowest BCUT2D eigenvalue weighted by Gasteiger charge is -2.03. The van der Waals surface area contributed by atoms with Gasteiger partial charge in [-0.3, -0.25) is 4.79 Å². The van der Waals surface area contributed by atoms with Gasteiger partial charge in [0.05, 0.1) is 11.4 Å². The van der Waals surface area contributed by atoms with E-state index in [-0.39, 0.29) is 11.6 Å². The zero-order chi connectivity index (χ0) is 21.9. The lowest BCUT2D eigenvalue weighted by molar-refractivity contribution is 0.104. The molecule has 0 amide bonds. The lowest BCUT2D eigenvalue weighted by Crippen LogP contribution is -1.95. The summed E-state index contributed by atoms with van der Waals surface area (Å²) in [4.78, 5) is 13.0. The van der Waals surface area contributed by atoms with Gasteiger partial charge in [0.1, 0.15) is 5.82 Å². The fraction of sp³-hybridized carbons (Fsp3) is 0. The average molecular weight is 418 g/mol. The summed E-state index contributed by atoms with van der Waals surface area (Å²) >= 11 is 0. The Morgan fingerprint density at radius 3 is 2.34 bits per heavy atom. The van der Waals surface area contributed by atoms with E-state index in [1.54, 1.807) is 29.0 Å². The Balaban J connectivity index is 1.56. The van der Waals surface area contributed by atoms with Crippen molar-refractivity contribution in [1.82, 2.24) is 9.78 Å². The number of benzene rings is 4. The number of hydrogen-bond acceptors (Lipinski definition) is 2. The van der Waals surface area contributed by atoms with Gasteiger partial charge in [0.2, 0.25) is 0 Å². The molecule has 0 spiro atoms. The quantitative estimate of drug-likeness (QED) is 0.234. The number of fused-ring (bicyclic) bond motifs is 1. The summed E-state index contributed by atoms with van der Waals surface area (Å²) in [6, 6.07) is 29.5. The molecule has 0 bridgehead atoms. The Kier molecular flexibility index (Phi) is 5.18. The number of carbonyl (C=O) groups is 1. The van der Waals surface area contributed by atoms with Crippen molar-refractivity contribution in [2.75, 3.05) is 0 Å². The summed E-state index contributed by atoms with van der Waals surface area (Å²) in [7, 11) is 0. The number of hydrogen-bond donors (Lipinski definition) is 0. The van der Waals surface area contributed by atoms with Crippen LogP contribution in [0.2, 0.25) is 0 Å². The molecular weight excluding hydrogens is 399 g/mol. The molecule has 1 heterocycles. The molecule has 0 N–H and O–H groups in total. The highest BCUT2D eigenvalue weighted by molar-refractivity contribution is 6.14. The van der Waals surface area contributed by atoms with E-state index in [2.05, 4.69) is 0 Å². The van der Waals surface area contributed by atoms with Crippen molar-refractivity contribution in [3.8, 4) is 16.9 Å².